The maximum absolute atomic E-state index is 3.53. The Hall–Kier alpha value is -0.630. The van der Waals surface area contributed by atoms with Gasteiger partial charge in [0.25, 0.3) is 0 Å². The molecule has 3 rings (SSSR count). The molecule has 1 unspecified atom stereocenters. The third-order valence-electron chi connectivity index (χ3n) is 3.12. The van der Waals surface area contributed by atoms with Gasteiger partial charge in [-0.05, 0) is 43.1 Å². The summed E-state index contributed by atoms with van der Waals surface area (Å²) in [6.45, 7) is 3.53. The van der Waals surface area contributed by atoms with Gasteiger partial charge in [-0.15, -0.1) is 11.8 Å². The summed E-state index contributed by atoms with van der Waals surface area (Å²) in [5, 5.41) is 0.645. The van der Waals surface area contributed by atoms with Crippen LogP contribution in [0.5, 0.6) is 0 Å². The van der Waals surface area contributed by atoms with E-state index in [0.29, 0.717) is 5.37 Å². The van der Waals surface area contributed by atoms with Gasteiger partial charge in [-0.25, -0.2) is 0 Å². The molecule has 1 aromatic carbocycles. The lowest BCUT2D eigenvalue weighted by Gasteiger charge is -2.34. The quantitative estimate of drug-likeness (QED) is 0.710. The first kappa shape index (κ1) is 9.59. The van der Waals surface area contributed by atoms with E-state index in [-0.39, 0.29) is 0 Å². The molecule has 0 aliphatic carbocycles. The zero-order valence-electron chi connectivity index (χ0n) is 8.78. The van der Waals surface area contributed by atoms with Crippen LogP contribution in [0.15, 0.2) is 24.3 Å². The van der Waals surface area contributed by atoms with Gasteiger partial charge < -0.3 is 4.90 Å². The number of benzene rings is 1. The van der Waals surface area contributed by atoms with Crippen LogP contribution in [-0.2, 0) is 6.42 Å². The fraction of sp³-hybridized carbons (Fsp3) is 0.462. The first-order valence-electron chi connectivity index (χ1n) is 5.67. The summed E-state index contributed by atoms with van der Waals surface area (Å²) in [5.74, 6) is 1.31. The first-order chi connectivity index (χ1) is 7.45. The van der Waals surface area contributed by atoms with E-state index in [4.69, 9.17) is 0 Å². The summed E-state index contributed by atoms with van der Waals surface area (Å²) in [5.41, 5.74) is 2.88. The van der Waals surface area contributed by atoms with Gasteiger partial charge >= 0.3 is 0 Å². The summed E-state index contributed by atoms with van der Waals surface area (Å²) < 4.78 is 0. The van der Waals surface area contributed by atoms with Crippen LogP contribution in [0.1, 0.15) is 24.8 Å². The number of thioether (sulfide) groups is 1. The minimum absolute atomic E-state index is 0.645. The molecule has 2 radical (unpaired) electrons. The van der Waals surface area contributed by atoms with Crippen molar-refractivity contribution in [3.63, 3.8) is 0 Å². The zero-order valence-corrected chi connectivity index (χ0v) is 9.59. The van der Waals surface area contributed by atoms with Crippen LogP contribution in [0.2, 0.25) is 0 Å². The largest absolute Gasteiger partial charge is 0.349 e. The second kappa shape index (κ2) is 4.09. The van der Waals surface area contributed by atoms with Gasteiger partial charge in [-0.3, -0.25) is 0 Å². The molecule has 1 saturated heterocycles. The molecule has 0 aromatic heterocycles. The van der Waals surface area contributed by atoms with E-state index in [9.17, 15) is 0 Å². The van der Waals surface area contributed by atoms with Crippen molar-refractivity contribution in [2.75, 3.05) is 10.7 Å². The molecule has 0 bridgehead atoms. The third kappa shape index (κ3) is 1.76. The molecular formula is C13H15NS. The van der Waals surface area contributed by atoms with E-state index >= 15 is 0 Å². The highest BCUT2D eigenvalue weighted by molar-refractivity contribution is 8.00. The second-order valence-corrected chi connectivity index (χ2v) is 5.41. The van der Waals surface area contributed by atoms with Crippen LogP contribution in [0, 0.1) is 6.54 Å². The Labute approximate surface area is 95.9 Å². The predicted molar refractivity (Wildman–Crippen MR) is 66.0 cm³/mol. The van der Waals surface area contributed by atoms with Crippen molar-refractivity contribution in [3.05, 3.63) is 36.4 Å². The van der Waals surface area contributed by atoms with E-state index < -0.39 is 0 Å². The maximum Gasteiger partial charge on any atom is 0.0927 e. The van der Waals surface area contributed by atoms with Gasteiger partial charge in [0, 0.05) is 5.69 Å². The van der Waals surface area contributed by atoms with Crippen LogP contribution >= 0.6 is 11.8 Å². The molecule has 1 atom stereocenters. The number of rotatable bonds is 1. The van der Waals surface area contributed by atoms with Crippen molar-refractivity contribution >= 4 is 17.4 Å². The van der Waals surface area contributed by atoms with Crippen molar-refractivity contribution in [2.24, 2.45) is 0 Å². The molecular weight excluding hydrogens is 202 g/mol. The summed E-state index contributed by atoms with van der Waals surface area (Å²) in [6.07, 6.45) is 4.90. The lowest BCUT2D eigenvalue weighted by molar-refractivity contribution is 0.706. The molecule has 2 aliphatic rings. The van der Waals surface area contributed by atoms with Gasteiger partial charge in [-0.2, -0.15) is 0 Å². The van der Waals surface area contributed by atoms with Crippen LogP contribution in [-0.4, -0.2) is 11.1 Å². The maximum atomic E-state index is 3.53. The zero-order chi connectivity index (χ0) is 10.1. The van der Waals surface area contributed by atoms with Crippen molar-refractivity contribution in [3.8, 4) is 0 Å². The van der Waals surface area contributed by atoms with Gasteiger partial charge in [-0.1, -0.05) is 18.2 Å². The van der Waals surface area contributed by atoms with E-state index in [1.54, 1.807) is 0 Å². The Bertz CT molecular complexity index is 344. The molecule has 0 saturated carbocycles. The SMILES string of the molecule is [C]1CCc2ccccc2N1C1CCCS1. The van der Waals surface area contributed by atoms with Crippen LogP contribution < -0.4 is 4.90 Å². The average molecular weight is 217 g/mol. The average Bonchev–Trinajstić information content (AvgIpc) is 2.82. The number of anilines is 1. The number of aryl methyl sites for hydroxylation is 1. The minimum Gasteiger partial charge on any atom is -0.349 e. The standard InChI is InChI=1S/C13H15NS/c1-2-7-12-11(5-1)6-3-9-14(12)13-8-4-10-15-13/h1-2,5,7,13H,3-4,6,8,10H2. The van der Waals surface area contributed by atoms with Gasteiger partial charge in [0.1, 0.15) is 0 Å². The first-order valence-corrected chi connectivity index (χ1v) is 6.72. The fourth-order valence-corrected chi connectivity index (χ4v) is 3.65. The topological polar surface area (TPSA) is 3.24 Å². The van der Waals surface area contributed by atoms with Crippen LogP contribution in [0.25, 0.3) is 0 Å². The Kier molecular flexibility index (Phi) is 2.61. The Morgan fingerprint density at radius 3 is 3.13 bits per heavy atom. The van der Waals surface area contributed by atoms with Crippen LogP contribution in [0.4, 0.5) is 5.69 Å². The molecule has 1 aromatic rings. The van der Waals surface area contributed by atoms with Crippen molar-refractivity contribution in [1.82, 2.24) is 0 Å². The lowest BCUT2D eigenvalue weighted by Crippen LogP contribution is -2.32. The molecule has 78 valence electrons. The fourth-order valence-electron chi connectivity index (χ4n) is 2.37. The predicted octanol–water partition coefficient (Wildman–Crippen LogP) is 3.33. The molecule has 15 heavy (non-hydrogen) atoms. The monoisotopic (exact) mass is 217 g/mol. The molecule has 0 spiro atoms. The van der Waals surface area contributed by atoms with Crippen molar-refractivity contribution in [2.45, 2.75) is 31.1 Å². The smallest absolute Gasteiger partial charge is 0.0927 e. The molecule has 2 heterocycles. The highest BCUT2D eigenvalue weighted by Crippen LogP contribution is 2.38. The normalized spacial score (nSPS) is 25.3. The Morgan fingerprint density at radius 2 is 2.27 bits per heavy atom. The Balaban J connectivity index is 1.91. The molecule has 1 fully saturated rings. The molecule has 0 N–H and O–H groups in total. The number of hydrogen-bond donors (Lipinski definition) is 0. The van der Waals surface area contributed by atoms with E-state index in [1.165, 1.54) is 29.8 Å². The van der Waals surface area contributed by atoms with Gasteiger partial charge in [0.15, 0.2) is 0 Å². The summed E-state index contributed by atoms with van der Waals surface area (Å²) in [4.78, 5) is 2.39. The summed E-state index contributed by atoms with van der Waals surface area (Å²) in [6, 6.07) is 8.77. The highest BCUT2D eigenvalue weighted by Gasteiger charge is 2.27. The van der Waals surface area contributed by atoms with E-state index in [0.717, 1.165) is 12.8 Å². The molecule has 0 amide bonds. The minimum atomic E-state index is 0.645. The van der Waals surface area contributed by atoms with Crippen molar-refractivity contribution in [1.29, 1.82) is 0 Å². The lowest BCUT2D eigenvalue weighted by atomic mass is 10.0. The molecule has 2 aliphatic heterocycles. The van der Waals surface area contributed by atoms with Crippen LogP contribution in [0.3, 0.4) is 0 Å². The second-order valence-electron chi connectivity index (χ2n) is 4.12. The number of nitrogens with zero attached hydrogens (tertiary/aromatic N) is 1. The number of para-hydroxylation sites is 1. The summed E-state index contributed by atoms with van der Waals surface area (Å²) >= 11 is 2.08. The summed E-state index contributed by atoms with van der Waals surface area (Å²) in [7, 11) is 0. The number of hydrogen-bond acceptors (Lipinski definition) is 2. The van der Waals surface area contributed by atoms with Crippen molar-refractivity contribution < 1.29 is 0 Å². The highest BCUT2D eigenvalue weighted by atomic mass is 32.2. The van der Waals surface area contributed by atoms with Gasteiger partial charge in [0.05, 0.1) is 11.9 Å². The Morgan fingerprint density at radius 1 is 1.33 bits per heavy atom. The van der Waals surface area contributed by atoms with Gasteiger partial charge in [0.2, 0.25) is 0 Å². The third-order valence-corrected chi connectivity index (χ3v) is 4.48. The molecule has 2 heteroatoms. The molecule has 1 nitrogen and oxygen atoms in total. The number of fused-ring (bicyclic) bond motifs is 1. The van der Waals surface area contributed by atoms with E-state index in [2.05, 4.69) is 47.5 Å². The van der Waals surface area contributed by atoms with E-state index in [1.807, 2.05) is 0 Å².